The van der Waals surface area contributed by atoms with Crippen LogP contribution in [-0.4, -0.2) is 33.6 Å². The highest BCUT2D eigenvalue weighted by Gasteiger charge is 2.48. The van der Waals surface area contributed by atoms with Crippen LogP contribution in [0.4, 0.5) is 5.13 Å². The molecule has 0 radical (unpaired) electrons. The lowest BCUT2D eigenvalue weighted by Crippen LogP contribution is -2.29. The van der Waals surface area contributed by atoms with Crippen molar-refractivity contribution in [3.63, 3.8) is 0 Å². The zero-order valence-electron chi connectivity index (χ0n) is 22.3. The monoisotopic (exact) mass is 605 g/mol. The third-order valence-electron chi connectivity index (χ3n) is 6.61. The molecule has 2 heterocycles. The van der Waals surface area contributed by atoms with Crippen molar-refractivity contribution in [1.82, 2.24) is 10.2 Å². The van der Waals surface area contributed by atoms with E-state index in [2.05, 4.69) is 17.1 Å². The van der Waals surface area contributed by atoms with Crippen LogP contribution in [0.5, 0.6) is 5.75 Å². The van der Waals surface area contributed by atoms with Crippen LogP contribution < -0.4 is 9.64 Å². The van der Waals surface area contributed by atoms with Crippen LogP contribution in [0.3, 0.4) is 0 Å². The number of hydrogen-bond donors (Lipinski definition) is 1. The van der Waals surface area contributed by atoms with Gasteiger partial charge in [-0.3, -0.25) is 14.5 Å². The molecule has 0 saturated carbocycles. The normalized spacial score (nSPS) is 16.3. The number of aliphatic hydroxyl groups excluding tert-OH is 1. The van der Waals surface area contributed by atoms with Crippen molar-refractivity contribution in [1.29, 1.82) is 0 Å². The lowest BCUT2D eigenvalue weighted by molar-refractivity contribution is -0.132. The van der Waals surface area contributed by atoms with E-state index in [1.807, 2.05) is 54.6 Å². The van der Waals surface area contributed by atoms with Crippen LogP contribution >= 0.6 is 34.7 Å². The van der Waals surface area contributed by atoms with E-state index >= 15 is 0 Å². The molecular formula is C31H28ClN3O4S2. The molecule has 7 nitrogen and oxygen atoms in total. The Morgan fingerprint density at radius 3 is 2.46 bits per heavy atom. The molecule has 5 rings (SSSR count). The average molecular weight is 606 g/mol. The van der Waals surface area contributed by atoms with Crippen LogP contribution in [-0.2, 0) is 15.3 Å². The Morgan fingerprint density at radius 2 is 1.73 bits per heavy atom. The number of aliphatic hydroxyl groups is 1. The Kier molecular flexibility index (Phi) is 9.38. The standard InChI is InChI=1S/C31H28ClN3O4S2/c1-2-3-9-18-39-23-16-14-20(15-17-23)26-25(27(36)21-10-5-4-6-11-21)28(37)29(38)35(26)30-33-34-31(41-30)40-19-22-12-7-8-13-24(22)32/h4-8,10-17,26,36H,2-3,9,18-19H2,1H3/b27-25-. The van der Waals surface area contributed by atoms with Gasteiger partial charge >= 0.3 is 5.91 Å². The van der Waals surface area contributed by atoms with Crippen LogP contribution in [0.15, 0.2) is 88.8 Å². The fourth-order valence-corrected chi connectivity index (χ4v) is 6.65. The maximum atomic E-state index is 13.5. The summed E-state index contributed by atoms with van der Waals surface area (Å²) in [4.78, 5) is 28.2. The second-order valence-corrected chi connectivity index (χ2v) is 12.0. The second kappa shape index (κ2) is 13.3. The van der Waals surface area contributed by atoms with Gasteiger partial charge in [0.05, 0.1) is 18.2 Å². The van der Waals surface area contributed by atoms with Crippen molar-refractivity contribution < 1.29 is 19.4 Å². The molecule has 0 aliphatic carbocycles. The third kappa shape index (κ3) is 6.48. The Labute approximate surface area is 251 Å². The minimum atomic E-state index is -0.890. The molecule has 0 bridgehead atoms. The Morgan fingerprint density at radius 1 is 1.00 bits per heavy atom. The van der Waals surface area contributed by atoms with Crippen molar-refractivity contribution in [3.05, 3.63) is 106 Å². The molecule has 10 heteroatoms. The molecule has 1 atom stereocenters. The van der Waals surface area contributed by atoms with E-state index in [0.717, 1.165) is 24.8 Å². The predicted octanol–water partition coefficient (Wildman–Crippen LogP) is 7.68. The number of nitrogens with zero attached hydrogens (tertiary/aromatic N) is 3. The molecule has 1 fully saturated rings. The Hall–Kier alpha value is -3.66. The van der Waals surface area contributed by atoms with Gasteiger partial charge in [0, 0.05) is 16.3 Å². The molecule has 1 aliphatic rings. The molecule has 1 saturated heterocycles. The predicted molar refractivity (Wildman–Crippen MR) is 164 cm³/mol. The largest absolute Gasteiger partial charge is 0.507 e. The van der Waals surface area contributed by atoms with E-state index < -0.39 is 17.7 Å². The second-order valence-electron chi connectivity index (χ2n) is 9.39. The summed E-state index contributed by atoms with van der Waals surface area (Å²) in [6, 6.07) is 22.7. The number of ketones is 1. The molecule has 1 N–H and O–H groups in total. The van der Waals surface area contributed by atoms with Crippen molar-refractivity contribution >= 4 is 57.3 Å². The number of carbonyl (C=O) groups is 2. The number of thioether (sulfide) groups is 1. The molecule has 1 unspecified atom stereocenters. The maximum absolute atomic E-state index is 13.5. The molecule has 0 spiro atoms. The molecule has 3 aromatic carbocycles. The summed E-state index contributed by atoms with van der Waals surface area (Å²) in [6.45, 7) is 2.75. The average Bonchev–Trinajstić information content (AvgIpc) is 3.57. The molecular weight excluding hydrogens is 578 g/mol. The first kappa shape index (κ1) is 28.9. The number of anilines is 1. The van der Waals surface area contributed by atoms with Crippen LogP contribution in [0, 0.1) is 0 Å². The zero-order chi connectivity index (χ0) is 28.8. The quantitative estimate of drug-likeness (QED) is 0.0468. The minimum absolute atomic E-state index is 0.00159. The van der Waals surface area contributed by atoms with E-state index in [-0.39, 0.29) is 16.5 Å². The first-order valence-electron chi connectivity index (χ1n) is 13.3. The van der Waals surface area contributed by atoms with E-state index in [1.54, 1.807) is 24.3 Å². The van der Waals surface area contributed by atoms with Crippen molar-refractivity contribution in [2.45, 2.75) is 42.3 Å². The summed E-state index contributed by atoms with van der Waals surface area (Å²) in [7, 11) is 0. The Bertz CT molecular complexity index is 1560. The van der Waals surface area contributed by atoms with Crippen LogP contribution in [0.25, 0.3) is 5.76 Å². The van der Waals surface area contributed by atoms with Gasteiger partial charge in [-0.1, -0.05) is 115 Å². The third-order valence-corrected chi connectivity index (χ3v) is 9.09. The summed E-state index contributed by atoms with van der Waals surface area (Å²) in [6.07, 6.45) is 3.16. The molecule has 1 aliphatic heterocycles. The summed E-state index contributed by atoms with van der Waals surface area (Å²) >= 11 is 8.95. The lowest BCUT2D eigenvalue weighted by atomic mass is 9.95. The molecule has 41 heavy (non-hydrogen) atoms. The molecule has 210 valence electrons. The maximum Gasteiger partial charge on any atom is 0.301 e. The van der Waals surface area contributed by atoms with Gasteiger partial charge in [0.2, 0.25) is 5.13 Å². The summed E-state index contributed by atoms with van der Waals surface area (Å²) in [5.74, 6) is -0.527. The number of halogens is 1. The van der Waals surface area contributed by atoms with E-state index in [4.69, 9.17) is 16.3 Å². The minimum Gasteiger partial charge on any atom is -0.507 e. The number of rotatable bonds is 11. The van der Waals surface area contributed by atoms with Gasteiger partial charge in [-0.25, -0.2) is 0 Å². The number of aromatic nitrogens is 2. The van der Waals surface area contributed by atoms with E-state index in [9.17, 15) is 14.7 Å². The molecule has 1 amide bonds. The van der Waals surface area contributed by atoms with Gasteiger partial charge in [0.25, 0.3) is 5.78 Å². The molecule has 1 aromatic heterocycles. The highest BCUT2D eigenvalue weighted by molar-refractivity contribution is 8.00. The van der Waals surface area contributed by atoms with E-state index in [0.29, 0.717) is 38.6 Å². The number of hydrogen-bond acceptors (Lipinski definition) is 8. The smallest absolute Gasteiger partial charge is 0.301 e. The fraction of sp³-hybridized carbons (Fsp3) is 0.226. The summed E-state index contributed by atoms with van der Waals surface area (Å²) in [5, 5.41) is 20.7. The van der Waals surface area contributed by atoms with Gasteiger partial charge < -0.3 is 9.84 Å². The highest BCUT2D eigenvalue weighted by Crippen LogP contribution is 2.44. The zero-order valence-corrected chi connectivity index (χ0v) is 24.7. The van der Waals surface area contributed by atoms with Gasteiger partial charge in [0.15, 0.2) is 4.34 Å². The first-order valence-corrected chi connectivity index (χ1v) is 15.4. The lowest BCUT2D eigenvalue weighted by Gasteiger charge is -2.22. The van der Waals surface area contributed by atoms with Crippen molar-refractivity contribution in [2.75, 3.05) is 11.5 Å². The van der Waals surface area contributed by atoms with Gasteiger partial charge in [0.1, 0.15) is 11.5 Å². The number of Topliss-reactive ketones (excluding diaryl/α,β-unsaturated/α-hetero) is 1. The van der Waals surface area contributed by atoms with Crippen LogP contribution in [0.1, 0.15) is 48.9 Å². The number of amides is 1. The topological polar surface area (TPSA) is 92.6 Å². The van der Waals surface area contributed by atoms with E-state index in [1.165, 1.54) is 28.0 Å². The van der Waals surface area contributed by atoms with Crippen LogP contribution in [0.2, 0.25) is 5.02 Å². The number of ether oxygens (including phenoxy) is 1. The van der Waals surface area contributed by atoms with Crippen molar-refractivity contribution in [3.8, 4) is 5.75 Å². The number of carbonyl (C=O) groups excluding carboxylic acids is 2. The summed E-state index contributed by atoms with van der Waals surface area (Å²) < 4.78 is 6.48. The highest BCUT2D eigenvalue weighted by atomic mass is 35.5. The van der Waals surface area contributed by atoms with Gasteiger partial charge in [-0.2, -0.15) is 0 Å². The summed E-state index contributed by atoms with van der Waals surface area (Å²) in [5.41, 5.74) is 2.04. The van der Waals surface area contributed by atoms with Gasteiger partial charge in [-0.15, -0.1) is 10.2 Å². The fourth-order valence-electron chi connectivity index (χ4n) is 4.50. The van der Waals surface area contributed by atoms with Gasteiger partial charge in [-0.05, 0) is 35.7 Å². The number of unbranched alkanes of at least 4 members (excludes halogenated alkanes) is 2. The Balaban J connectivity index is 1.48. The van der Waals surface area contributed by atoms with Crippen molar-refractivity contribution in [2.24, 2.45) is 0 Å². The number of benzene rings is 3. The SMILES string of the molecule is CCCCCOc1ccc(C2/C(=C(/O)c3ccccc3)C(=O)C(=O)N2c2nnc(SCc3ccccc3Cl)s2)cc1. The first-order chi connectivity index (χ1) is 20.0. The molecule has 4 aromatic rings.